The molecule has 2 aromatic heterocycles. The van der Waals surface area contributed by atoms with Crippen LogP contribution < -0.4 is 4.74 Å². The Balaban J connectivity index is 1.92. The number of ether oxygens (including phenoxy) is 1. The molecule has 0 aliphatic rings. The molecule has 0 radical (unpaired) electrons. The summed E-state index contributed by atoms with van der Waals surface area (Å²) >= 11 is 0. The van der Waals surface area contributed by atoms with E-state index in [-0.39, 0.29) is 12.5 Å². The predicted molar refractivity (Wildman–Crippen MR) is 77.9 cm³/mol. The Morgan fingerprint density at radius 1 is 1.19 bits per heavy atom. The molecule has 3 rings (SSSR count). The molecule has 1 aromatic carbocycles. The van der Waals surface area contributed by atoms with Gasteiger partial charge in [0.15, 0.2) is 12.0 Å². The van der Waals surface area contributed by atoms with Gasteiger partial charge in [0, 0.05) is 12.8 Å². The number of carbonyl (C=O) groups excluding carboxylic acids is 1. The average molecular weight is 282 g/mol. The number of imidazole rings is 1. The number of aldehydes is 1. The molecule has 0 atom stereocenters. The van der Waals surface area contributed by atoms with Crippen LogP contribution in [0.4, 0.5) is 0 Å². The van der Waals surface area contributed by atoms with Gasteiger partial charge in [-0.25, -0.2) is 0 Å². The molecule has 0 fully saturated rings. The topological polar surface area (TPSA) is 63.8 Å². The first-order chi connectivity index (χ1) is 10.3. The third kappa shape index (κ3) is 2.64. The lowest BCUT2D eigenvalue weighted by Gasteiger charge is -2.04. The second kappa shape index (κ2) is 5.76. The minimum absolute atomic E-state index is 0.113. The molecule has 0 aliphatic carbocycles. The van der Waals surface area contributed by atoms with Crippen LogP contribution in [0.15, 0.2) is 48.7 Å². The van der Waals surface area contributed by atoms with Crippen molar-refractivity contribution in [2.45, 2.75) is 6.42 Å². The quantitative estimate of drug-likeness (QED) is 0.730. The molecule has 0 saturated carbocycles. The first-order valence-corrected chi connectivity index (χ1v) is 6.62. The lowest BCUT2D eigenvalue weighted by atomic mass is 10.1. The Bertz CT molecular complexity index is 763. The van der Waals surface area contributed by atoms with Crippen molar-refractivity contribution in [2.75, 3.05) is 6.61 Å². The predicted octanol–water partition coefficient (Wildman–Crippen LogP) is 2.47. The Kier molecular flexibility index (Phi) is 3.66. The fourth-order valence-electron chi connectivity index (χ4n) is 2.14. The van der Waals surface area contributed by atoms with E-state index in [1.165, 1.54) is 0 Å². The number of benzene rings is 1. The molecule has 21 heavy (non-hydrogen) atoms. The summed E-state index contributed by atoms with van der Waals surface area (Å²) in [5.41, 5.74) is 2.06. The van der Waals surface area contributed by atoms with Crippen LogP contribution in [0.1, 0.15) is 16.1 Å². The number of hydrogen-bond donors (Lipinski definition) is 1. The molecule has 1 N–H and O–H groups in total. The van der Waals surface area contributed by atoms with Crippen LogP contribution >= 0.6 is 0 Å². The fraction of sp³-hybridized carbons (Fsp3) is 0.125. The summed E-state index contributed by atoms with van der Waals surface area (Å²) in [6.45, 7) is 0.113. The third-order valence-corrected chi connectivity index (χ3v) is 3.18. The van der Waals surface area contributed by atoms with Gasteiger partial charge in [0.05, 0.1) is 0 Å². The summed E-state index contributed by atoms with van der Waals surface area (Å²) in [6, 6.07) is 12.8. The van der Waals surface area contributed by atoms with Crippen molar-refractivity contribution < 1.29 is 14.6 Å². The normalized spacial score (nSPS) is 10.7. The number of aliphatic hydroxyl groups excluding tert-OH is 1. The number of aromatic nitrogens is 2. The number of aliphatic hydroxyl groups is 1. The summed E-state index contributed by atoms with van der Waals surface area (Å²) in [5, 5.41) is 8.89. The van der Waals surface area contributed by atoms with Crippen LogP contribution in [-0.2, 0) is 6.42 Å². The number of pyridine rings is 1. The lowest BCUT2D eigenvalue weighted by molar-refractivity contribution is 0.111. The first kappa shape index (κ1) is 13.3. The zero-order valence-electron chi connectivity index (χ0n) is 11.3. The summed E-state index contributed by atoms with van der Waals surface area (Å²) in [7, 11) is 0. The molecule has 3 aromatic rings. The maximum absolute atomic E-state index is 11.3. The van der Waals surface area contributed by atoms with Crippen molar-refractivity contribution in [1.82, 2.24) is 9.38 Å². The monoisotopic (exact) mass is 282 g/mol. The zero-order valence-corrected chi connectivity index (χ0v) is 11.3. The van der Waals surface area contributed by atoms with E-state index >= 15 is 0 Å². The minimum atomic E-state index is 0.113. The van der Waals surface area contributed by atoms with Crippen LogP contribution in [0.3, 0.4) is 0 Å². The van der Waals surface area contributed by atoms with Crippen molar-refractivity contribution in [3.63, 3.8) is 0 Å². The molecule has 106 valence electrons. The first-order valence-electron chi connectivity index (χ1n) is 6.62. The van der Waals surface area contributed by atoms with Gasteiger partial charge in [-0.05, 0) is 36.2 Å². The maximum Gasteiger partial charge on any atom is 0.249 e. The van der Waals surface area contributed by atoms with Gasteiger partial charge in [-0.2, -0.15) is 4.98 Å². The molecule has 2 heterocycles. The molecule has 5 heteroatoms. The van der Waals surface area contributed by atoms with E-state index in [1.807, 2.05) is 30.3 Å². The Labute approximate surface area is 121 Å². The van der Waals surface area contributed by atoms with Crippen molar-refractivity contribution in [3.8, 4) is 11.6 Å². The Hall–Kier alpha value is -2.66. The van der Waals surface area contributed by atoms with Crippen molar-refractivity contribution in [1.29, 1.82) is 0 Å². The van der Waals surface area contributed by atoms with Gasteiger partial charge in [0.2, 0.25) is 5.88 Å². The number of hydrogen-bond acceptors (Lipinski definition) is 4. The van der Waals surface area contributed by atoms with Crippen LogP contribution in [0.5, 0.6) is 11.6 Å². The highest BCUT2D eigenvalue weighted by Crippen LogP contribution is 2.25. The maximum atomic E-state index is 11.3. The van der Waals surface area contributed by atoms with E-state index in [0.717, 1.165) is 11.8 Å². The van der Waals surface area contributed by atoms with Crippen molar-refractivity contribution in [3.05, 3.63) is 59.9 Å². The molecule has 0 bridgehead atoms. The van der Waals surface area contributed by atoms with Gasteiger partial charge in [-0.15, -0.1) is 0 Å². The average Bonchev–Trinajstić information content (AvgIpc) is 2.86. The van der Waals surface area contributed by atoms with Gasteiger partial charge in [-0.3, -0.25) is 9.20 Å². The van der Waals surface area contributed by atoms with Crippen molar-refractivity contribution >= 4 is 11.9 Å². The molecule has 0 aliphatic heterocycles. The largest absolute Gasteiger partial charge is 0.437 e. The molecule has 5 nitrogen and oxygen atoms in total. The van der Waals surface area contributed by atoms with E-state index in [2.05, 4.69) is 4.98 Å². The summed E-state index contributed by atoms with van der Waals surface area (Å²) < 4.78 is 7.38. The summed E-state index contributed by atoms with van der Waals surface area (Å²) in [5.74, 6) is 0.884. The smallest absolute Gasteiger partial charge is 0.249 e. The van der Waals surface area contributed by atoms with Gasteiger partial charge in [-0.1, -0.05) is 18.2 Å². The van der Waals surface area contributed by atoms with Crippen LogP contribution in [0.25, 0.3) is 5.65 Å². The molecular formula is C16H14N2O3. The van der Waals surface area contributed by atoms with Gasteiger partial charge < -0.3 is 9.84 Å². The van der Waals surface area contributed by atoms with Gasteiger partial charge in [0.1, 0.15) is 11.4 Å². The molecule has 0 spiro atoms. The highest BCUT2D eigenvalue weighted by atomic mass is 16.5. The van der Waals surface area contributed by atoms with Gasteiger partial charge >= 0.3 is 0 Å². The third-order valence-electron chi connectivity index (χ3n) is 3.18. The Morgan fingerprint density at radius 2 is 2.00 bits per heavy atom. The summed E-state index contributed by atoms with van der Waals surface area (Å²) in [4.78, 5) is 15.6. The van der Waals surface area contributed by atoms with E-state index in [9.17, 15) is 4.79 Å². The van der Waals surface area contributed by atoms with Crippen molar-refractivity contribution in [2.24, 2.45) is 0 Å². The molecule has 0 amide bonds. The van der Waals surface area contributed by atoms with Crippen LogP contribution in [-0.4, -0.2) is 27.4 Å². The van der Waals surface area contributed by atoms with Gasteiger partial charge in [0.25, 0.3) is 0 Å². The highest BCUT2D eigenvalue weighted by molar-refractivity contribution is 5.78. The standard InChI is InChI=1S/C16H14N2O3/c19-10-8-12-4-6-13(7-5-12)21-16-14(11-20)18-9-2-1-3-15(18)17-16/h1-7,9,11,19H,8,10H2. The number of carbonyl (C=O) groups is 1. The molecular weight excluding hydrogens is 268 g/mol. The molecule has 0 saturated heterocycles. The second-order valence-electron chi connectivity index (χ2n) is 4.57. The molecule has 0 unspecified atom stereocenters. The number of rotatable bonds is 5. The number of fused-ring (bicyclic) bond motifs is 1. The fourth-order valence-corrected chi connectivity index (χ4v) is 2.14. The SMILES string of the molecule is O=Cc1c(Oc2ccc(CCO)cc2)nc2ccccn12. The van der Waals surface area contributed by atoms with E-state index in [0.29, 0.717) is 23.5 Å². The van der Waals surface area contributed by atoms with E-state index in [1.54, 1.807) is 22.7 Å². The Morgan fingerprint density at radius 3 is 2.71 bits per heavy atom. The zero-order chi connectivity index (χ0) is 14.7. The second-order valence-corrected chi connectivity index (χ2v) is 4.57. The lowest BCUT2D eigenvalue weighted by Crippen LogP contribution is -1.94. The minimum Gasteiger partial charge on any atom is -0.437 e. The van der Waals surface area contributed by atoms with E-state index in [4.69, 9.17) is 9.84 Å². The van der Waals surface area contributed by atoms with Crippen LogP contribution in [0.2, 0.25) is 0 Å². The van der Waals surface area contributed by atoms with E-state index < -0.39 is 0 Å². The highest BCUT2D eigenvalue weighted by Gasteiger charge is 2.13. The number of nitrogens with zero attached hydrogens (tertiary/aromatic N) is 2. The summed E-state index contributed by atoms with van der Waals surface area (Å²) in [6.07, 6.45) is 3.10. The van der Waals surface area contributed by atoms with Crippen LogP contribution in [0, 0.1) is 0 Å².